The first kappa shape index (κ1) is 26.5. The number of nitrogens with zero attached hydrogens (tertiary/aromatic N) is 3. The summed E-state index contributed by atoms with van der Waals surface area (Å²) in [7, 11) is 0. The number of thioether (sulfide) groups is 1. The van der Waals surface area contributed by atoms with Crippen molar-refractivity contribution in [3.63, 3.8) is 0 Å². The lowest BCUT2D eigenvalue weighted by atomic mass is 9.93. The van der Waals surface area contributed by atoms with Crippen LogP contribution >= 0.6 is 23.4 Å². The maximum absolute atomic E-state index is 13.6. The van der Waals surface area contributed by atoms with Gasteiger partial charge in [0.05, 0.1) is 22.2 Å². The van der Waals surface area contributed by atoms with Crippen LogP contribution in [0.15, 0.2) is 89.1 Å². The van der Waals surface area contributed by atoms with Crippen LogP contribution in [0.3, 0.4) is 0 Å². The lowest BCUT2D eigenvalue weighted by molar-refractivity contribution is -0.384. The molecule has 2 amide bonds. The fourth-order valence-corrected chi connectivity index (χ4v) is 5.82. The molecule has 3 aromatic carbocycles. The molecule has 1 unspecified atom stereocenters. The summed E-state index contributed by atoms with van der Waals surface area (Å²) in [4.78, 5) is 44.1. The Morgan fingerprint density at radius 2 is 1.77 bits per heavy atom. The largest absolute Gasteiger partial charge is 0.340 e. The average molecular weight is 562 g/mol. The molecule has 2 N–H and O–H groups in total. The van der Waals surface area contributed by atoms with Gasteiger partial charge in [-0.05, 0) is 55.3 Å². The molecule has 1 atom stereocenters. The Balaban J connectivity index is 1.47. The number of aliphatic imine (C=N–C) groups is 1. The summed E-state index contributed by atoms with van der Waals surface area (Å²) < 4.78 is 0. The van der Waals surface area contributed by atoms with Gasteiger partial charge in [-0.3, -0.25) is 19.7 Å². The van der Waals surface area contributed by atoms with Gasteiger partial charge in [0.15, 0.2) is 5.17 Å². The third kappa shape index (κ3) is 5.67. The van der Waals surface area contributed by atoms with Crippen LogP contribution < -0.4 is 10.6 Å². The van der Waals surface area contributed by atoms with Crippen molar-refractivity contribution in [2.45, 2.75) is 19.4 Å². The average Bonchev–Trinajstić information content (AvgIpc) is 2.93. The number of amides is 2. The second-order valence-corrected chi connectivity index (χ2v) is 10.5. The number of amidine groups is 1. The Morgan fingerprint density at radius 3 is 2.54 bits per heavy atom. The molecule has 198 valence electrons. The number of rotatable bonds is 6. The fraction of sp³-hybridized carbons (Fsp3) is 0.179. The SMILES string of the molecule is CC1=C(C(=O)Nc2ccccc2)C(c2cccc(NC(=O)c3ccc(Cl)c([N+](=O)[O-])c3)c2)N2CCCSC2=N1. The van der Waals surface area contributed by atoms with Gasteiger partial charge in [0, 0.05) is 35.3 Å². The number of halogens is 1. The van der Waals surface area contributed by atoms with E-state index in [0.29, 0.717) is 22.6 Å². The van der Waals surface area contributed by atoms with E-state index in [1.807, 2.05) is 49.4 Å². The van der Waals surface area contributed by atoms with Crippen molar-refractivity contribution in [1.29, 1.82) is 0 Å². The lowest BCUT2D eigenvalue weighted by Crippen LogP contribution is -2.43. The van der Waals surface area contributed by atoms with Crippen molar-refractivity contribution >= 4 is 57.4 Å². The third-order valence-electron chi connectivity index (χ3n) is 6.40. The van der Waals surface area contributed by atoms with E-state index in [4.69, 9.17) is 16.6 Å². The summed E-state index contributed by atoms with van der Waals surface area (Å²) in [5, 5.41) is 17.9. The molecule has 0 bridgehead atoms. The van der Waals surface area contributed by atoms with Crippen molar-refractivity contribution in [1.82, 2.24) is 4.90 Å². The number of allylic oxidation sites excluding steroid dienone is 1. The third-order valence-corrected chi connectivity index (χ3v) is 7.80. The number of carbonyl (C=O) groups excluding carboxylic acids is 2. The van der Waals surface area contributed by atoms with Crippen molar-refractivity contribution in [3.8, 4) is 0 Å². The topological polar surface area (TPSA) is 117 Å². The summed E-state index contributed by atoms with van der Waals surface area (Å²) >= 11 is 7.55. The molecule has 11 heteroatoms. The molecule has 3 aromatic rings. The molecule has 2 aliphatic rings. The van der Waals surface area contributed by atoms with Crippen LogP contribution in [-0.2, 0) is 4.79 Å². The molecule has 2 aliphatic heterocycles. The van der Waals surface area contributed by atoms with Crippen LogP contribution in [0.25, 0.3) is 0 Å². The number of hydrogen-bond acceptors (Lipinski definition) is 7. The zero-order chi connectivity index (χ0) is 27.5. The van der Waals surface area contributed by atoms with Crippen LogP contribution in [-0.4, -0.2) is 39.1 Å². The summed E-state index contributed by atoms with van der Waals surface area (Å²) in [6.45, 7) is 2.57. The first-order chi connectivity index (χ1) is 18.8. The molecule has 0 saturated carbocycles. The summed E-state index contributed by atoms with van der Waals surface area (Å²) in [6, 6.07) is 20.0. The predicted octanol–water partition coefficient (Wildman–Crippen LogP) is 6.26. The van der Waals surface area contributed by atoms with E-state index in [0.717, 1.165) is 35.5 Å². The van der Waals surface area contributed by atoms with Gasteiger partial charge in [0.1, 0.15) is 5.02 Å². The lowest BCUT2D eigenvalue weighted by Gasteiger charge is -2.41. The zero-order valence-corrected chi connectivity index (χ0v) is 22.5. The number of benzene rings is 3. The molecule has 2 heterocycles. The number of nitrogens with one attached hydrogen (secondary N) is 2. The second-order valence-electron chi connectivity index (χ2n) is 9.01. The van der Waals surface area contributed by atoms with Gasteiger partial charge in [-0.2, -0.15) is 0 Å². The molecule has 0 aliphatic carbocycles. The van der Waals surface area contributed by atoms with E-state index in [9.17, 15) is 19.7 Å². The van der Waals surface area contributed by atoms with Crippen LogP contribution in [0.4, 0.5) is 17.1 Å². The van der Waals surface area contributed by atoms with Gasteiger partial charge in [-0.15, -0.1) is 0 Å². The maximum atomic E-state index is 13.6. The van der Waals surface area contributed by atoms with E-state index in [1.54, 1.807) is 23.9 Å². The van der Waals surface area contributed by atoms with Gasteiger partial charge < -0.3 is 15.5 Å². The molecule has 0 radical (unpaired) electrons. The van der Waals surface area contributed by atoms with E-state index < -0.39 is 16.9 Å². The number of fused-ring (bicyclic) bond motifs is 1. The van der Waals surface area contributed by atoms with Crippen LogP contribution in [0.2, 0.25) is 5.02 Å². The highest BCUT2D eigenvalue weighted by molar-refractivity contribution is 8.13. The summed E-state index contributed by atoms with van der Waals surface area (Å²) in [5.41, 5.74) is 2.91. The second kappa shape index (κ2) is 11.3. The highest BCUT2D eigenvalue weighted by atomic mass is 35.5. The van der Waals surface area contributed by atoms with E-state index in [2.05, 4.69) is 15.5 Å². The quantitative estimate of drug-likeness (QED) is 0.271. The first-order valence-electron chi connectivity index (χ1n) is 12.2. The summed E-state index contributed by atoms with van der Waals surface area (Å²) in [5.74, 6) is 0.189. The van der Waals surface area contributed by atoms with Crippen LogP contribution in [0, 0.1) is 10.1 Å². The van der Waals surface area contributed by atoms with Gasteiger partial charge in [0.25, 0.3) is 17.5 Å². The van der Waals surface area contributed by atoms with Crippen molar-refractivity contribution in [2.75, 3.05) is 22.9 Å². The minimum absolute atomic E-state index is 0.0452. The van der Waals surface area contributed by atoms with Gasteiger partial charge in [-0.25, -0.2) is 4.99 Å². The fourth-order valence-electron chi connectivity index (χ4n) is 4.61. The maximum Gasteiger partial charge on any atom is 0.288 e. The Morgan fingerprint density at radius 1 is 1.03 bits per heavy atom. The molecule has 0 aromatic heterocycles. The molecule has 39 heavy (non-hydrogen) atoms. The van der Waals surface area contributed by atoms with Crippen molar-refractivity contribution < 1.29 is 14.5 Å². The predicted molar refractivity (Wildman–Crippen MR) is 154 cm³/mol. The molecular formula is C28H24ClN5O4S. The van der Waals surface area contributed by atoms with Gasteiger partial charge >= 0.3 is 0 Å². The van der Waals surface area contributed by atoms with E-state index >= 15 is 0 Å². The van der Waals surface area contributed by atoms with E-state index in [-0.39, 0.29) is 22.2 Å². The molecule has 9 nitrogen and oxygen atoms in total. The zero-order valence-electron chi connectivity index (χ0n) is 20.9. The standard InChI is InChI=1S/C28H24ClN5O4S/c1-17-24(27(36)31-20-8-3-2-4-9-20)25(33-13-6-14-39-28(33)30-17)18-7-5-10-21(15-18)32-26(35)19-11-12-22(29)23(16-19)34(37)38/h2-5,7-12,15-16,25H,6,13-14H2,1H3,(H,31,36)(H,32,35). The Kier molecular flexibility index (Phi) is 7.67. The normalized spacial score (nSPS) is 16.7. The van der Waals surface area contributed by atoms with Crippen LogP contribution in [0.5, 0.6) is 0 Å². The van der Waals surface area contributed by atoms with Crippen molar-refractivity contribution in [3.05, 3.63) is 110 Å². The smallest absolute Gasteiger partial charge is 0.288 e. The molecule has 1 fully saturated rings. The van der Waals surface area contributed by atoms with Crippen LogP contribution in [0.1, 0.15) is 35.3 Å². The monoisotopic (exact) mass is 561 g/mol. The summed E-state index contributed by atoms with van der Waals surface area (Å²) in [6.07, 6.45) is 0.943. The number of nitro benzene ring substituents is 1. The number of anilines is 2. The number of nitro groups is 1. The molecular weight excluding hydrogens is 538 g/mol. The number of hydrogen-bond donors (Lipinski definition) is 2. The van der Waals surface area contributed by atoms with Crippen molar-refractivity contribution in [2.24, 2.45) is 4.99 Å². The Hall–Kier alpha value is -4.15. The number of carbonyl (C=O) groups is 2. The molecule has 1 saturated heterocycles. The van der Waals surface area contributed by atoms with Gasteiger partial charge in [0.2, 0.25) is 0 Å². The molecule has 0 spiro atoms. The van der Waals surface area contributed by atoms with Gasteiger partial charge in [-0.1, -0.05) is 53.7 Å². The van der Waals surface area contributed by atoms with E-state index in [1.165, 1.54) is 12.1 Å². The highest BCUT2D eigenvalue weighted by Crippen LogP contribution is 2.40. The molecule has 5 rings (SSSR count). The number of para-hydroxylation sites is 1. The Labute approximate surface area is 234 Å². The minimum atomic E-state index is -0.630. The Bertz CT molecular complexity index is 1530. The highest BCUT2D eigenvalue weighted by Gasteiger charge is 2.37. The first-order valence-corrected chi connectivity index (χ1v) is 13.6. The minimum Gasteiger partial charge on any atom is -0.340 e.